The number of carboxylic acids is 1. The van der Waals surface area contributed by atoms with E-state index >= 15 is 0 Å². The van der Waals surface area contributed by atoms with Gasteiger partial charge in [0.15, 0.2) is 11.5 Å². The summed E-state index contributed by atoms with van der Waals surface area (Å²) in [6.07, 6.45) is 0. The summed E-state index contributed by atoms with van der Waals surface area (Å²) in [6, 6.07) is 11.5. The molecule has 0 spiro atoms. The molecule has 0 saturated heterocycles. The fraction of sp³-hybridized carbons (Fsp3) is 0.0714. The molecule has 0 aliphatic carbocycles. The van der Waals surface area contributed by atoms with Crippen molar-refractivity contribution in [2.45, 2.75) is 5.60 Å². The van der Waals surface area contributed by atoms with Crippen LogP contribution in [0.4, 0.5) is 0 Å². The van der Waals surface area contributed by atoms with Crippen LogP contribution in [0.25, 0.3) is 0 Å². The first kappa shape index (κ1) is 12.9. The van der Waals surface area contributed by atoms with Gasteiger partial charge in [0, 0.05) is 5.56 Å². The highest BCUT2D eigenvalue weighted by atomic mass is 16.4. The van der Waals surface area contributed by atoms with E-state index in [2.05, 4.69) is 0 Å². The van der Waals surface area contributed by atoms with Crippen LogP contribution in [0.2, 0.25) is 0 Å². The third-order valence-electron chi connectivity index (χ3n) is 2.91. The van der Waals surface area contributed by atoms with E-state index in [1.807, 2.05) is 0 Å². The third-order valence-corrected chi connectivity index (χ3v) is 2.91. The fourth-order valence-corrected chi connectivity index (χ4v) is 1.90. The van der Waals surface area contributed by atoms with Gasteiger partial charge in [-0.25, -0.2) is 4.79 Å². The van der Waals surface area contributed by atoms with E-state index in [1.54, 1.807) is 18.2 Å². The predicted octanol–water partition coefficient (Wildman–Crippen LogP) is 1.42. The van der Waals surface area contributed by atoms with Crippen LogP contribution in [0, 0.1) is 0 Å². The molecule has 0 radical (unpaired) electrons. The second kappa shape index (κ2) is 4.62. The second-order valence-corrected chi connectivity index (χ2v) is 4.05. The number of benzene rings is 2. The lowest BCUT2D eigenvalue weighted by Crippen LogP contribution is -2.36. The lowest BCUT2D eigenvalue weighted by atomic mass is 9.85. The van der Waals surface area contributed by atoms with Crippen molar-refractivity contribution in [2.75, 3.05) is 0 Å². The average molecular weight is 260 g/mol. The van der Waals surface area contributed by atoms with Gasteiger partial charge in [0.25, 0.3) is 0 Å². The summed E-state index contributed by atoms with van der Waals surface area (Å²) >= 11 is 0. The van der Waals surface area contributed by atoms with Gasteiger partial charge in [-0.15, -0.1) is 0 Å². The van der Waals surface area contributed by atoms with Crippen LogP contribution in [0.3, 0.4) is 0 Å². The summed E-state index contributed by atoms with van der Waals surface area (Å²) in [5.41, 5.74) is -2.63. The maximum Gasteiger partial charge on any atom is 0.345 e. The molecule has 2 rings (SSSR count). The quantitative estimate of drug-likeness (QED) is 0.626. The van der Waals surface area contributed by atoms with Gasteiger partial charge in [0.1, 0.15) is 0 Å². The van der Waals surface area contributed by atoms with Crippen LogP contribution < -0.4 is 0 Å². The maximum absolute atomic E-state index is 11.4. The van der Waals surface area contributed by atoms with Gasteiger partial charge in [-0.3, -0.25) is 0 Å². The normalized spacial score (nSPS) is 13.7. The molecular weight excluding hydrogens is 248 g/mol. The van der Waals surface area contributed by atoms with Crippen LogP contribution >= 0.6 is 0 Å². The number of phenols is 2. The average Bonchev–Trinajstić information content (AvgIpc) is 2.42. The number of rotatable bonds is 3. The van der Waals surface area contributed by atoms with E-state index < -0.39 is 23.1 Å². The highest BCUT2D eigenvalue weighted by Gasteiger charge is 2.42. The minimum atomic E-state index is -2.43. The molecule has 5 heteroatoms. The molecule has 0 fully saturated rings. The number of carbonyl (C=O) groups is 1. The highest BCUT2D eigenvalue weighted by Crippen LogP contribution is 2.39. The van der Waals surface area contributed by atoms with Crippen LogP contribution in [0.5, 0.6) is 11.5 Å². The zero-order valence-electron chi connectivity index (χ0n) is 9.82. The number of para-hydroxylation sites is 1. The number of phenolic OH excluding ortho intramolecular Hbond substituents is 2. The summed E-state index contributed by atoms with van der Waals surface area (Å²) in [7, 11) is 0. The lowest BCUT2D eigenvalue weighted by Gasteiger charge is -2.25. The molecule has 2 aromatic carbocycles. The molecule has 1 unspecified atom stereocenters. The zero-order valence-corrected chi connectivity index (χ0v) is 9.82. The van der Waals surface area contributed by atoms with Crippen molar-refractivity contribution in [2.24, 2.45) is 0 Å². The molecule has 98 valence electrons. The summed E-state index contributed by atoms with van der Waals surface area (Å²) in [5, 5.41) is 39.0. The Labute approximate surface area is 109 Å². The van der Waals surface area contributed by atoms with Crippen LogP contribution in [-0.2, 0) is 10.4 Å². The van der Waals surface area contributed by atoms with E-state index in [0.29, 0.717) is 0 Å². The Kier molecular flexibility index (Phi) is 3.14. The SMILES string of the molecule is O=C(O)C(O)(c1ccccc1)c1cccc(O)c1O. The molecule has 4 N–H and O–H groups in total. The molecule has 0 saturated carbocycles. The van der Waals surface area contributed by atoms with Crippen molar-refractivity contribution in [1.29, 1.82) is 0 Å². The van der Waals surface area contributed by atoms with Crippen molar-refractivity contribution < 1.29 is 25.2 Å². The number of aliphatic carboxylic acids is 1. The smallest absolute Gasteiger partial charge is 0.345 e. The number of carboxylic acid groups (broad SMARTS) is 1. The van der Waals surface area contributed by atoms with E-state index in [4.69, 9.17) is 0 Å². The van der Waals surface area contributed by atoms with Crippen molar-refractivity contribution >= 4 is 5.97 Å². The minimum Gasteiger partial charge on any atom is -0.504 e. The monoisotopic (exact) mass is 260 g/mol. The van der Waals surface area contributed by atoms with Gasteiger partial charge in [-0.05, 0) is 11.6 Å². The molecule has 2 aromatic rings. The number of aliphatic hydroxyl groups is 1. The van der Waals surface area contributed by atoms with Crippen molar-refractivity contribution in [3.8, 4) is 11.5 Å². The van der Waals surface area contributed by atoms with E-state index in [0.717, 1.165) is 0 Å². The molecule has 0 aliphatic rings. The number of aromatic hydroxyl groups is 2. The topological polar surface area (TPSA) is 98.0 Å². The third kappa shape index (κ3) is 2.00. The van der Waals surface area contributed by atoms with Crippen LogP contribution in [0.1, 0.15) is 11.1 Å². The molecule has 0 amide bonds. The molecule has 1 atom stereocenters. The first-order valence-electron chi connectivity index (χ1n) is 5.50. The lowest BCUT2D eigenvalue weighted by molar-refractivity contribution is -0.155. The van der Waals surface area contributed by atoms with Gasteiger partial charge >= 0.3 is 5.97 Å². The van der Waals surface area contributed by atoms with Gasteiger partial charge < -0.3 is 20.4 Å². The molecule has 0 aliphatic heterocycles. The molecule has 0 aromatic heterocycles. The van der Waals surface area contributed by atoms with E-state index in [-0.39, 0.29) is 11.1 Å². The van der Waals surface area contributed by atoms with Crippen molar-refractivity contribution in [3.05, 3.63) is 59.7 Å². The van der Waals surface area contributed by atoms with Crippen LogP contribution in [0.15, 0.2) is 48.5 Å². The number of hydrogen-bond acceptors (Lipinski definition) is 4. The summed E-state index contributed by atoms with van der Waals surface area (Å²) < 4.78 is 0. The van der Waals surface area contributed by atoms with Gasteiger partial charge in [-0.2, -0.15) is 0 Å². The molecule has 0 bridgehead atoms. The predicted molar refractivity (Wildman–Crippen MR) is 66.8 cm³/mol. The Balaban J connectivity index is 2.71. The standard InChI is InChI=1S/C14H12O5/c15-11-8-4-7-10(12(11)16)14(19,13(17)18)9-5-2-1-3-6-9/h1-8,15-16,19H,(H,17,18). The van der Waals surface area contributed by atoms with Gasteiger partial charge in [0.05, 0.1) is 0 Å². The Morgan fingerprint density at radius 2 is 1.58 bits per heavy atom. The van der Waals surface area contributed by atoms with Crippen molar-refractivity contribution in [3.63, 3.8) is 0 Å². The molecule has 0 heterocycles. The largest absolute Gasteiger partial charge is 0.504 e. The summed E-state index contributed by atoms with van der Waals surface area (Å²) in [4.78, 5) is 11.4. The minimum absolute atomic E-state index is 0.0865. The van der Waals surface area contributed by atoms with Gasteiger partial charge in [-0.1, -0.05) is 42.5 Å². The van der Waals surface area contributed by atoms with Gasteiger partial charge in [0.2, 0.25) is 5.60 Å². The molecule has 5 nitrogen and oxygen atoms in total. The fourth-order valence-electron chi connectivity index (χ4n) is 1.90. The van der Waals surface area contributed by atoms with E-state index in [1.165, 1.54) is 30.3 Å². The van der Waals surface area contributed by atoms with Crippen molar-refractivity contribution in [1.82, 2.24) is 0 Å². The Bertz CT molecular complexity index is 608. The molecule has 19 heavy (non-hydrogen) atoms. The highest BCUT2D eigenvalue weighted by molar-refractivity contribution is 5.85. The first-order valence-corrected chi connectivity index (χ1v) is 5.50. The van der Waals surface area contributed by atoms with E-state index in [9.17, 15) is 25.2 Å². The Hall–Kier alpha value is -2.53. The Morgan fingerprint density at radius 1 is 0.947 bits per heavy atom. The maximum atomic E-state index is 11.4. The molecular formula is C14H12O5. The number of hydrogen-bond donors (Lipinski definition) is 4. The Morgan fingerprint density at radius 3 is 2.16 bits per heavy atom. The first-order chi connectivity index (χ1) is 8.98. The summed E-state index contributed by atoms with van der Waals surface area (Å²) in [5.74, 6) is -2.69. The second-order valence-electron chi connectivity index (χ2n) is 4.05. The zero-order chi connectivity index (χ0) is 14.0. The summed E-state index contributed by atoms with van der Waals surface area (Å²) in [6.45, 7) is 0. The van der Waals surface area contributed by atoms with Crippen LogP contribution in [-0.4, -0.2) is 26.4 Å².